The van der Waals surface area contributed by atoms with Gasteiger partial charge in [0.2, 0.25) is 5.91 Å². The lowest BCUT2D eigenvalue weighted by Crippen LogP contribution is -2.30. The first-order valence-electron chi connectivity index (χ1n) is 7.48. The molecule has 6 nitrogen and oxygen atoms in total. The maximum absolute atomic E-state index is 12.1. The highest BCUT2D eigenvalue weighted by atomic mass is 32.2. The largest absolute Gasteiger partial charge is 0.497 e. The lowest BCUT2D eigenvalue weighted by molar-refractivity contribution is -0.120. The van der Waals surface area contributed by atoms with Gasteiger partial charge in [-0.15, -0.1) is 0 Å². The third-order valence-corrected chi connectivity index (χ3v) is 5.97. The summed E-state index contributed by atoms with van der Waals surface area (Å²) in [6.07, 6.45) is 2.40. The van der Waals surface area contributed by atoms with Crippen LogP contribution in [0.2, 0.25) is 0 Å². The molecule has 1 saturated heterocycles. The Morgan fingerprint density at radius 1 is 1.43 bits per heavy atom. The van der Waals surface area contributed by atoms with Crippen molar-refractivity contribution in [3.63, 3.8) is 0 Å². The van der Waals surface area contributed by atoms with Crippen molar-refractivity contribution in [2.24, 2.45) is 5.92 Å². The Bertz CT molecular complexity index is 824. The fourth-order valence-electron chi connectivity index (χ4n) is 2.85. The van der Waals surface area contributed by atoms with E-state index in [2.05, 4.69) is 5.32 Å². The average Bonchev–Trinajstić information content (AvgIpc) is 3.08. The lowest BCUT2D eigenvalue weighted by atomic mass is 10.1. The summed E-state index contributed by atoms with van der Waals surface area (Å²) in [5.41, 5.74) is 1.48. The molecule has 1 N–H and O–H groups in total. The molecule has 3 rings (SSSR count). The number of nitrogens with one attached hydrogen (secondary N) is 1. The predicted octanol–water partition coefficient (Wildman–Crippen LogP) is 1.53. The van der Waals surface area contributed by atoms with Gasteiger partial charge in [0.1, 0.15) is 11.3 Å². The first kappa shape index (κ1) is 15.9. The first-order valence-corrected chi connectivity index (χ1v) is 9.30. The third-order valence-electron chi connectivity index (χ3n) is 4.13. The summed E-state index contributed by atoms with van der Waals surface area (Å²) in [7, 11) is -1.32. The van der Waals surface area contributed by atoms with Crippen molar-refractivity contribution in [1.82, 2.24) is 5.32 Å². The van der Waals surface area contributed by atoms with E-state index in [-0.39, 0.29) is 29.8 Å². The topological polar surface area (TPSA) is 85.6 Å². The number of amides is 1. The van der Waals surface area contributed by atoms with E-state index in [1.165, 1.54) is 0 Å². The Labute approximate surface area is 134 Å². The molecular formula is C16H19NO5S. The maximum Gasteiger partial charge on any atom is 0.224 e. The van der Waals surface area contributed by atoms with Crippen LogP contribution in [-0.2, 0) is 21.1 Å². The Morgan fingerprint density at radius 3 is 2.96 bits per heavy atom. The fraction of sp³-hybridized carbons (Fsp3) is 0.438. The zero-order chi connectivity index (χ0) is 16.4. The van der Waals surface area contributed by atoms with E-state index in [4.69, 9.17) is 9.15 Å². The quantitative estimate of drug-likeness (QED) is 0.894. The average molecular weight is 337 g/mol. The number of methoxy groups -OCH3 is 1. The number of benzene rings is 1. The van der Waals surface area contributed by atoms with Crippen LogP contribution in [0.4, 0.5) is 0 Å². The molecule has 1 fully saturated rings. The third kappa shape index (κ3) is 3.67. The second-order valence-corrected chi connectivity index (χ2v) is 8.10. The Kier molecular flexibility index (Phi) is 4.30. The van der Waals surface area contributed by atoms with Gasteiger partial charge >= 0.3 is 0 Å². The van der Waals surface area contributed by atoms with E-state index in [0.29, 0.717) is 24.3 Å². The molecule has 0 spiro atoms. The Morgan fingerprint density at radius 2 is 2.26 bits per heavy atom. The van der Waals surface area contributed by atoms with Crippen molar-refractivity contribution in [2.75, 3.05) is 25.2 Å². The van der Waals surface area contributed by atoms with Crippen LogP contribution in [0.1, 0.15) is 12.0 Å². The minimum Gasteiger partial charge on any atom is -0.497 e. The number of ether oxygens (including phenoxy) is 1. The molecule has 0 bridgehead atoms. The number of fused-ring (bicyclic) bond motifs is 1. The molecule has 1 atom stereocenters. The number of rotatable bonds is 5. The minimum absolute atomic E-state index is 0.0225. The van der Waals surface area contributed by atoms with Crippen molar-refractivity contribution >= 4 is 26.7 Å². The normalized spacial score (nSPS) is 19.8. The summed E-state index contributed by atoms with van der Waals surface area (Å²) >= 11 is 0. The van der Waals surface area contributed by atoms with Crippen molar-refractivity contribution < 1.29 is 22.4 Å². The molecule has 0 saturated carbocycles. The molecule has 0 unspecified atom stereocenters. The highest BCUT2D eigenvalue weighted by Crippen LogP contribution is 2.26. The summed E-state index contributed by atoms with van der Waals surface area (Å²) < 4.78 is 33.4. The molecule has 1 aromatic heterocycles. The predicted molar refractivity (Wildman–Crippen MR) is 86.2 cm³/mol. The van der Waals surface area contributed by atoms with Crippen molar-refractivity contribution in [3.8, 4) is 5.75 Å². The number of hydrogen-bond acceptors (Lipinski definition) is 5. The summed E-state index contributed by atoms with van der Waals surface area (Å²) in [5.74, 6) is 0.983. The second-order valence-electron chi connectivity index (χ2n) is 5.87. The van der Waals surface area contributed by atoms with Gasteiger partial charge in [-0.1, -0.05) is 0 Å². The molecule has 124 valence electrons. The van der Waals surface area contributed by atoms with Gasteiger partial charge in [0.05, 0.1) is 31.3 Å². The van der Waals surface area contributed by atoms with E-state index in [9.17, 15) is 13.2 Å². The molecule has 2 heterocycles. The van der Waals surface area contributed by atoms with Gasteiger partial charge in [0.25, 0.3) is 0 Å². The van der Waals surface area contributed by atoms with Crippen LogP contribution >= 0.6 is 0 Å². The van der Waals surface area contributed by atoms with Crippen LogP contribution in [-0.4, -0.2) is 39.5 Å². The maximum atomic E-state index is 12.1. The summed E-state index contributed by atoms with van der Waals surface area (Å²) in [4.78, 5) is 12.1. The zero-order valence-electron chi connectivity index (χ0n) is 12.9. The van der Waals surface area contributed by atoms with Crippen LogP contribution in [0, 0.1) is 5.92 Å². The van der Waals surface area contributed by atoms with Crippen molar-refractivity contribution in [2.45, 2.75) is 12.8 Å². The number of sulfone groups is 1. The van der Waals surface area contributed by atoms with Gasteiger partial charge in [-0.2, -0.15) is 0 Å². The van der Waals surface area contributed by atoms with Gasteiger partial charge in [0, 0.05) is 23.6 Å². The molecule has 2 aromatic rings. The zero-order valence-corrected chi connectivity index (χ0v) is 13.7. The van der Waals surface area contributed by atoms with Crippen LogP contribution in [0.3, 0.4) is 0 Å². The molecule has 0 radical (unpaired) electrons. The highest BCUT2D eigenvalue weighted by molar-refractivity contribution is 7.91. The highest BCUT2D eigenvalue weighted by Gasteiger charge is 2.27. The summed E-state index contributed by atoms with van der Waals surface area (Å²) in [5, 5.41) is 3.70. The van der Waals surface area contributed by atoms with Gasteiger partial charge in [-0.3, -0.25) is 4.79 Å². The molecule has 1 aromatic carbocycles. The Balaban J connectivity index is 1.60. The summed E-state index contributed by atoms with van der Waals surface area (Å²) in [6, 6.07) is 5.46. The first-order chi connectivity index (χ1) is 11.0. The van der Waals surface area contributed by atoms with Crippen molar-refractivity contribution in [3.05, 3.63) is 30.0 Å². The Hall–Kier alpha value is -2.02. The molecule has 7 heteroatoms. The van der Waals surface area contributed by atoms with Gasteiger partial charge in [-0.05, 0) is 24.5 Å². The van der Waals surface area contributed by atoms with E-state index in [0.717, 1.165) is 10.9 Å². The number of carbonyl (C=O) groups excluding carboxylic acids is 1. The molecule has 1 aliphatic heterocycles. The minimum atomic E-state index is -2.91. The molecule has 1 amide bonds. The van der Waals surface area contributed by atoms with E-state index < -0.39 is 9.84 Å². The van der Waals surface area contributed by atoms with E-state index in [1.807, 2.05) is 12.1 Å². The number of furan rings is 1. The smallest absolute Gasteiger partial charge is 0.224 e. The van der Waals surface area contributed by atoms with E-state index in [1.54, 1.807) is 19.4 Å². The number of carbonyl (C=O) groups is 1. The second kappa shape index (κ2) is 6.23. The SMILES string of the molecule is COc1ccc2c(CC(=O)NC[C@@H]3CCS(=O)(=O)C3)coc2c1. The monoisotopic (exact) mass is 337 g/mol. The van der Waals surface area contributed by atoms with Crippen molar-refractivity contribution in [1.29, 1.82) is 0 Å². The van der Waals surface area contributed by atoms with Crippen LogP contribution in [0.5, 0.6) is 5.75 Å². The fourth-order valence-corrected chi connectivity index (χ4v) is 4.72. The molecule has 1 aliphatic rings. The molecular weight excluding hydrogens is 318 g/mol. The lowest BCUT2D eigenvalue weighted by Gasteiger charge is -2.09. The van der Waals surface area contributed by atoms with Crippen LogP contribution < -0.4 is 10.1 Å². The standard InChI is InChI=1S/C16H19NO5S/c1-21-13-2-3-14-12(9-22-15(14)7-13)6-16(18)17-8-11-4-5-23(19,20)10-11/h2-3,7,9,11H,4-6,8,10H2,1H3,(H,17,18)/t11-/m0/s1. The van der Waals surface area contributed by atoms with Gasteiger partial charge in [0.15, 0.2) is 9.84 Å². The van der Waals surface area contributed by atoms with Gasteiger partial charge in [-0.25, -0.2) is 8.42 Å². The van der Waals surface area contributed by atoms with Crippen LogP contribution in [0.25, 0.3) is 11.0 Å². The van der Waals surface area contributed by atoms with E-state index >= 15 is 0 Å². The van der Waals surface area contributed by atoms with Crippen LogP contribution in [0.15, 0.2) is 28.9 Å². The van der Waals surface area contributed by atoms with Gasteiger partial charge < -0.3 is 14.5 Å². The molecule has 0 aliphatic carbocycles. The molecule has 23 heavy (non-hydrogen) atoms. The number of hydrogen-bond donors (Lipinski definition) is 1. The summed E-state index contributed by atoms with van der Waals surface area (Å²) in [6.45, 7) is 0.404.